The number of aliphatic imine (C=N–C) groups is 1. The largest absolute Gasteiger partial charge is 0.496 e. The van der Waals surface area contributed by atoms with Gasteiger partial charge in [-0.1, -0.05) is 38.5 Å². The lowest BCUT2D eigenvalue weighted by molar-refractivity contribution is 0.409. The van der Waals surface area contributed by atoms with Crippen molar-refractivity contribution in [3.05, 3.63) is 41.5 Å². The first-order chi connectivity index (χ1) is 13.5. The minimum absolute atomic E-state index is 0.514. The molecule has 1 aromatic heterocycles. The number of ether oxygens (including phenoxy) is 1. The van der Waals surface area contributed by atoms with Crippen LogP contribution in [-0.2, 0) is 19.4 Å². The normalized spacial score (nSPS) is 11.7. The number of rotatable bonds is 10. The van der Waals surface area contributed by atoms with Gasteiger partial charge in [-0.15, -0.1) is 10.2 Å². The van der Waals surface area contributed by atoms with Crippen molar-refractivity contribution < 1.29 is 4.74 Å². The lowest BCUT2D eigenvalue weighted by Crippen LogP contribution is -2.40. The molecule has 0 spiro atoms. The number of methoxy groups -OCH3 is 1. The predicted molar refractivity (Wildman–Crippen MR) is 114 cm³/mol. The summed E-state index contributed by atoms with van der Waals surface area (Å²) in [6, 6.07) is 6.28. The van der Waals surface area contributed by atoms with Crippen LogP contribution in [-0.4, -0.2) is 47.5 Å². The van der Waals surface area contributed by atoms with Crippen LogP contribution in [0.15, 0.2) is 29.5 Å². The Hall–Kier alpha value is -2.57. The van der Waals surface area contributed by atoms with Gasteiger partial charge in [0.25, 0.3) is 0 Å². The molecule has 0 bridgehead atoms. The molecule has 154 valence electrons. The number of nitrogens with one attached hydrogen (secondary N) is 2. The Morgan fingerprint density at radius 2 is 2.04 bits per heavy atom. The van der Waals surface area contributed by atoms with E-state index in [0.717, 1.165) is 56.6 Å². The van der Waals surface area contributed by atoms with Gasteiger partial charge in [-0.25, -0.2) is 0 Å². The third kappa shape index (κ3) is 6.87. The standard InChI is InChI=1S/C21H34N6O/c1-6-20-26-25-15-27(20)12-11-23-21(24-14-16(2)3)22-10-9-18-13-17(4)7-8-19(18)28-5/h7-8,13,15-16H,6,9-12,14H2,1-5H3,(H2,22,23,24). The summed E-state index contributed by atoms with van der Waals surface area (Å²) in [4.78, 5) is 4.70. The van der Waals surface area contributed by atoms with Gasteiger partial charge in [0.2, 0.25) is 0 Å². The SMILES string of the molecule is CCc1nncn1CCNC(=NCC(C)C)NCCc1cc(C)ccc1OC. The van der Waals surface area contributed by atoms with Crippen LogP contribution in [0.25, 0.3) is 0 Å². The van der Waals surface area contributed by atoms with Crippen molar-refractivity contribution in [3.63, 3.8) is 0 Å². The van der Waals surface area contributed by atoms with Crippen LogP contribution in [0.1, 0.15) is 37.7 Å². The summed E-state index contributed by atoms with van der Waals surface area (Å²) in [5.41, 5.74) is 2.44. The third-order valence-corrected chi connectivity index (χ3v) is 4.39. The van der Waals surface area contributed by atoms with Crippen LogP contribution in [0.2, 0.25) is 0 Å². The van der Waals surface area contributed by atoms with Gasteiger partial charge in [-0.2, -0.15) is 0 Å². The minimum atomic E-state index is 0.514. The zero-order valence-electron chi connectivity index (χ0n) is 17.8. The maximum Gasteiger partial charge on any atom is 0.191 e. The average molecular weight is 387 g/mol. The Balaban J connectivity index is 1.90. The summed E-state index contributed by atoms with van der Waals surface area (Å²) in [5, 5.41) is 15.0. The molecule has 1 aromatic carbocycles. The van der Waals surface area contributed by atoms with Gasteiger partial charge in [0.05, 0.1) is 7.11 Å². The average Bonchev–Trinajstić information content (AvgIpc) is 3.13. The maximum absolute atomic E-state index is 5.48. The number of guanidine groups is 1. The Morgan fingerprint density at radius 1 is 1.25 bits per heavy atom. The van der Waals surface area contributed by atoms with Gasteiger partial charge in [0, 0.05) is 32.6 Å². The summed E-state index contributed by atoms with van der Waals surface area (Å²) in [6.07, 6.45) is 3.53. The van der Waals surface area contributed by atoms with Crippen molar-refractivity contribution in [1.82, 2.24) is 25.4 Å². The van der Waals surface area contributed by atoms with E-state index < -0.39 is 0 Å². The number of benzene rings is 1. The molecule has 2 aromatic rings. The molecule has 0 amide bonds. The van der Waals surface area contributed by atoms with Crippen LogP contribution in [0, 0.1) is 12.8 Å². The van der Waals surface area contributed by atoms with Gasteiger partial charge < -0.3 is 19.9 Å². The fraction of sp³-hybridized carbons (Fsp3) is 0.571. The Bertz CT molecular complexity index is 753. The van der Waals surface area contributed by atoms with Gasteiger partial charge in [0.1, 0.15) is 17.9 Å². The molecule has 0 fully saturated rings. The highest BCUT2D eigenvalue weighted by Gasteiger charge is 2.06. The topological polar surface area (TPSA) is 76.4 Å². The van der Waals surface area contributed by atoms with Crippen molar-refractivity contribution in [3.8, 4) is 5.75 Å². The van der Waals surface area contributed by atoms with Crippen LogP contribution in [0.4, 0.5) is 0 Å². The first-order valence-corrected chi connectivity index (χ1v) is 10.1. The summed E-state index contributed by atoms with van der Waals surface area (Å²) in [6.45, 7) is 11.7. The van der Waals surface area contributed by atoms with E-state index in [-0.39, 0.29) is 0 Å². The van der Waals surface area contributed by atoms with Crippen molar-refractivity contribution >= 4 is 5.96 Å². The molecule has 0 saturated heterocycles. The summed E-state index contributed by atoms with van der Waals surface area (Å²) in [7, 11) is 1.72. The second kappa shape index (κ2) is 11.3. The maximum atomic E-state index is 5.48. The lowest BCUT2D eigenvalue weighted by atomic mass is 10.1. The van der Waals surface area contributed by atoms with Crippen LogP contribution < -0.4 is 15.4 Å². The Labute approximate surface area is 168 Å². The zero-order chi connectivity index (χ0) is 20.4. The molecule has 0 saturated carbocycles. The summed E-state index contributed by atoms with van der Waals surface area (Å²) < 4.78 is 7.55. The monoisotopic (exact) mass is 386 g/mol. The summed E-state index contributed by atoms with van der Waals surface area (Å²) >= 11 is 0. The molecule has 0 unspecified atom stereocenters. The molecule has 0 aliphatic carbocycles. The minimum Gasteiger partial charge on any atom is -0.496 e. The van der Waals surface area contributed by atoms with Gasteiger partial charge in [0.15, 0.2) is 5.96 Å². The van der Waals surface area contributed by atoms with E-state index in [1.165, 1.54) is 11.1 Å². The zero-order valence-corrected chi connectivity index (χ0v) is 17.8. The summed E-state index contributed by atoms with van der Waals surface area (Å²) in [5.74, 6) is 3.29. The van der Waals surface area contributed by atoms with Crippen LogP contribution >= 0.6 is 0 Å². The second-order valence-electron chi connectivity index (χ2n) is 7.30. The van der Waals surface area contributed by atoms with Crippen LogP contribution in [0.3, 0.4) is 0 Å². The van der Waals surface area contributed by atoms with Gasteiger partial charge in [-0.05, 0) is 30.9 Å². The highest BCUT2D eigenvalue weighted by molar-refractivity contribution is 5.79. The van der Waals surface area contributed by atoms with E-state index in [0.29, 0.717) is 5.92 Å². The predicted octanol–water partition coefficient (Wildman–Crippen LogP) is 2.59. The van der Waals surface area contributed by atoms with Crippen molar-refractivity contribution in [2.45, 2.75) is 47.1 Å². The molecule has 1 heterocycles. The van der Waals surface area contributed by atoms with Gasteiger partial charge in [-0.3, -0.25) is 4.99 Å². The molecule has 7 nitrogen and oxygen atoms in total. The molecule has 0 radical (unpaired) electrons. The van der Waals surface area contributed by atoms with Crippen molar-refractivity contribution in [2.75, 3.05) is 26.7 Å². The fourth-order valence-electron chi connectivity index (χ4n) is 2.90. The number of aromatic nitrogens is 3. The van der Waals surface area contributed by atoms with E-state index in [4.69, 9.17) is 9.73 Å². The molecule has 2 rings (SSSR count). The number of nitrogens with zero attached hydrogens (tertiary/aromatic N) is 4. The fourth-order valence-corrected chi connectivity index (χ4v) is 2.90. The molecular weight excluding hydrogens is 352 g/mol. The number of hydrogen-bond acceptors (Lipinski definition) is 4. The van der Waals surface area contributed by atoms with Crippen molar-refractivity contribution in [2.24, 2.45) is 10.9 Å². The number of hydrogen-bond donors (Lipinski definition) is 2. The van der Waals surface area contributed by atoms with Gasteiger partial charge >= 0.3 is 0 Å². The molecule has 7 heteroatoms. The van der Waals surface area contributed by atoms with Crippen LogP contribution in [0.5, 0.6) is 5.75 Å². The smallest absolute Gasteiger partial charge is 0.191 e. The van der Waals surface area contributed by atoms with E-state index in [9.17, 15) is 0 Å². The van der Waals surface area contributed by atoms with Crippen molar-refractivity contribution in [1.29, 1.82) is 0 Å². The Morgan fingerprint density at radius 3 is 2.75 bits per heavy atom. The molecule has 0 aliphatic heterocycles. The third-order valence-electron chi connectivity index (χ3n) is 4.39. The highest BCUT2D eigenvalue weighted by Crippen LogP contribution is 2.19. The van der Waals surface area contributed by atoms with E-state index in [1.807, 2.05) is 6.07 Å². The first-order valence-electron chi connectivity index (χ1n) is 10.1. The number of aryl methyl sites for hydroxylation is 2. The van der Waals surface area contributed by atoms with E-state index in [2.05, 4.69) is 65.2 Å². The Kier molecular flexibility index (Phi) is 8.78. The van der Waals surface area contributed by atoms with E-state index in [1.54, 1.807) is 13.4 Å². The molecule has 2 N–H and O–H groups in total. The molecular formula is C21H34N6O. The van der Waals surface area contributed by atoms with E-state index >= 15 is 0 Å². The first kappa shape index (κ1) is 21.7. The quantitative estimate of drug-likeness (QED) is 0.485. The molecule has 0 atom stereocenters. The molecule has 28 heavy (non-hydrogen) atoms. The second-order valence-corrected chi connectivity index (χ2v) is 7.30. The molecule has 0 aliphatic rings. The lowest BCUT2D eigenvalue weighted by Gasteiger charge is -2.15. The highest BCUT2D eigenvalue weighted by atomic mass is 16.5.